The van der Waals surface area contributed by atoms with Gasteiger partial charge >= 0.3 is 12.0 Å². The van der Waals surface area contributed by atoms with E-state index in [2.05, 4.69) is 15.6 Å². The molecular formula is C11H15N3O3S. The second-order valence-corrected chi connectivity index (χ2v) is 5.76. The molecule has 0 unspecified atom stereocenters. The molecule has 3 N–H and O–H groups in total. The number of nitrogens with one attached hydrogen (secondary N) is 2. The summed E-state index contributed by atoms with van der Waals surface area (Å²) < 4.78 is 0. The molecule has 2 amide bonds. The number of aryl methyl sites for hydroxylation is 2. The molecule has 1 aliphatic rings. The first kappa shape index (κ1) is 12.8. The van der Waals surface area contributed by atoms with E-state index in [4.69, 9.17) is 5.11 Å². The van der Waals surface area contributed by atoms with Gasteiger partial charge in [-0.25, -0.2) is 9.78 Å². The van der Waals surface area contributed by atoms with Crippen LogP contribution < -0.4 is 10.6 Å². The van der Waals surface area contributed by atoms with E-state index in [1.807, 2.05) is 13.8 Å². The van der Waals surface area contributed by atoms with E-state index < -0.39 is 17.4 Å². The maximum absolute atomic E-state index is 11.6. The number of hydrogen-bond donors (Lipinski definition) is 3. The fourth-order valence-corrected chi connectivity index (χ4v) is 2.34. The van der Waals surface area contributed by atoms with Gasteiger partial charge in [0.25, 0.3) is 0 Å². The predicted octanol–water partition coefficient (Wildman–Crippen LogP) is 1.75. The van der Waals surface area contributed by atoms with Gasteiger partial charge in [-0.3, -0.25) is 10.1 Å². The second-order valence-electron chi connectivity index (χ2n) is 4.55. The highest BCUT2D eigenvalue weighted by Gasteiger charge is 2.50. The summed E-state index contributed by atoms with van der Waals surface area (Å²) >= 11 is 1.40. The zero-order valence-electron chi connectivity index (χ0n) is 10.2. The Bertz CT molecular complexity index is 474. The van der Waals surface area contributed by atoms with Gasteiger partial charge in [0.15, 0.2) is 5.13 Å². The van der Waals surface area contributed by atoms with Gasteiger partial charge < -0.3 is 10.4 Å². The van der Waals surface area contributed by atoms with Crippen molar-refractivity contribution in [1.82, 2.24) is 10.3 Å². The normalized spacial score (nSPS) is 16.1. The summed E-state index contributed by atoms with van der Waals surface area (Å²) in [5.41, 5.74) is 0.144. The highest BCUT2D eigenvalue weighted by Crippen LogP contribution is 2.45. The van der Waals surface area contributed by atoms with Gasteiger partial charge in [-0.1, -0.05) is 0 Å². The molecule has 18 heavy (non-hydrogen) atoms. The number of rotatable bonds is 4. The summed E-state index contributed by atoms with van der Waals surface area (Å²) in [4.78, 5) is 27.7. The third-order valence-electron chi connectivity index (χ3n) is 3.14. The topological polar surface area (TPSA) is 91.3 Å². The highest BCUT2D eigenvalue weighted by molar-refractivity contribution is 7.15. The minimum Gasteiger partial charge on any atom is -0.481 e. The number of nitrogens with zero attached hydrogens (tertiary/aromatic N) is 1. The van der Waals surface area contributed by atoms with Crippen molar-refractivity contribution < 1.29 is 14.7 Å². The molecule has 0 aliphatic heterocycles. The van der Waals surface area contributed by atoms with E-state index in [-0.39, 0.29) is 6.54 Å². The minimum absolute atomic E-state index is 0.164. The summed E-state index contributed by atoms with van der Waals surface area (Å²) in [5, 5.41) is 14.7. The summed E-state index contributed by atoms with van der Waals surface area (Å²) in [5.74, 6) is -0.844. The smallest absolute Gasteiger partial charge is 0.321 e. The Morgan fingerprint density at radius 2 is 2.11 bits per heavy atom. The van der Waals surface area contributed by atoms with Crippen molar-refractivity contribution in [3.05, 3.63) is 10.6 Å². The Labute approximate surface area is 108 Å². The Kier molecular flexibility index (Phi) is 3.25. The van der Waals surface area contributed by atoms with E-state index in [9.17, 15) is 9.59 Å². The zero-order chi connectivity index (χ0) is 13.3. The van der Waals surface area contributed by atoms with Crippen LogP contribution >= 0.6 is 11.3 Å². The van der Waals surface area contributed by atoms with Crippen molar-refractivity contribution in [2.24, 2.45) is 5.41 Å². The Hall–Kier alpha value is -1.63. The zero-order valence-corrected chi connectivity index (χ0v) is 11.1. The van der Waals surface area contributed by atoms with E-state index in [0.29, 0.717) is 18.0 Å². The molecule has 0 saturated heterocycles. The summed E-state index contributed by atoms with van der Waals surface area (Å²) in [6, 6.07) is -0.406. The number of aliphatic carboxylic acids is 1. The van der Waals surface area contributed by atoms with Gasteiger partial charge in [0.05, 0.1) is 11.1 Å². The average Bonchev–Trinajstić information content (AvgIpc) is 3.01. The molecule has 6 nitrogen and oxygen atoms in total. The number of thiazole rings is 1. The molecule has 2 rings (SSSR count). The van der Waals surface area contributed by atoms with Crippen LogP contribution in [0.2, 0.25) is 0 Å². The molecule has 0 spiro atoms. The van der Waals surface area contributed by atoms with E-state index in [0.717, 1.165) is 10.6 Å². The van der Waals surface area contributed by atoms with Crippen molar-refractivity contribution in [3.63, 3.8) is 0 Å². The lowest BCUT2D eigenvalue weighted by molar-refractivity contribution is -0.143. The van der Waals surface area contributed by atoms with Crippen molar-refractivity contribution in [2.45, 2.75) is 26.7 Å². The first-order valence-corrected chi connectivity index (χ1v) is 6.47. The van der Waals surface area contributed by atoms with Crippen LogP contribution in [-0.2, 0) is 4.79 Å². The third-order valence-corrected chi connectivity index (χ3v) is 4.13. The maximum atomic E-state index is 11.6. The van der Waals surface area contributed by atoms with Crippen LogP contribution in [0.4, 0.5) is 9.93 Å². The van der Waals surface area contributed by atoms with Crippen molar-refractivity contribution in [1.29, 1.82) is 0 Å². The van der Waals surface area contributed by atoms with E-state index in [1.54, 1.807) is 0 Å². The van der Waals surface area contributed by atoms with Crippen LogP contribution in [0.1, 0.15) is 23.4 Å². The number of carbonyl (C=O) groups is 2. The lowest BCUT2D eigenvalue weighted by Crippen LogP contribution is -2.36. The summed E-state index contributed by atoms with van der Waals surface area (Å²) in [6.07, 6.45) is 1.25. The predicted molar refractivity (Wildman–Crippen MR) is 67.9 cm³/mol. The number of hydrogen-bond acceptors (Lipinski definition) is 4. The third kappa shape index (κ3) is 2.61. The van der Waals surface area contributed by atoms with Gasteiger partial charge in [-0.15, -0.1) is 11.3 Å². The largest absolute Gasteiger partial charge is 0.481 e. The molecule has 1 aromatic rings. The molecule has 0 aromatic carbocycles. The molecule has 0 radical (unpaired) electrons. The van der Waals surface area contributed by atoms with Crippen LogP contribution in [0.15, 0.2) is 0 Å². The summed E-state index contributed by atoms with van der Waals surface area (Å²) in [6.45, 7) is 3.97. The molecule has 1 fully saturated rings. The fraction of sp³-hybridized carbons (Fsp3) is 0.545. The van der Waals surface area contributed by atoms with Crippen molar-refractivity contribution >= 4 is 28.5 Å². The van der Waals surface area contributed by atoms with Crippen molar-refractivity contribution in [3.8, 4) is 0 Å². The molecule has 98 valence electrons. The second kappa shape index (κ2) is 4.56. The Morgan fingerprint density at radius 3 is 2.56 bits per heavy atom. The van der Waals surface area contributed by atoms with E-state index >= 15 is 0 Å². The number of urea groups is 1. The van der Waals surface area contributed by atoms with Crippen LogP contribution in [0.5, 0.6) is 0 Å². The number of carboxylic acid groups (broad SMARTS) is 1. The average molecular weight is 269 g/mol. The number of carboxylic acids is 1. The van der Waals surface area contributed by atoms with Gasteiger partial charge in [-0.05, 0) is 26.7 Å². The van der Waals surface area contributed by atoms with Crippen molar-refractivity contribution in [2.75, 3.05) is 11.9 Å². The van der Waals surface area contributed by atoms with Crippen LogP contribution in [0.3, 0.4) is 0 Å². The van der Waals surface area contributed by atoms with Gasteiger partial charge in [0.2, 0.25) is 0 Å². The Balaban J connectivity index is 1.84. The SMILES string of the molecule is Cc1nc(NC(=O)NCC2(C(=O)O)CC2)sc1C. The summed E-state index contributed by atoms with van der Waals surface area (Å²) in [7, 11) is 0. The minimum atomic E-state index is -0.844. The number of aromatic nitrogens is 1. The lowest BCUT2D eigenvalue weighted by atomic mass is 10.1. The Morgan fingerprint density at radius 1 is 1.44 bits per heavy atom. The maximum Gasteiger partial charge on any atom is 0.321 e. The standard InChI is InChI=1S/C11H15N3O3S/c1-6-7(2)18-10(13-6)14-9(17)12-5-11(3-4-11)8(15)16/h3-5H2,1-2H3,(H,15,16)(H2,12,13,14,17). The molecule has 1 aromatic heterocycles. The van der Waals surface area contributed by atoms with Crippen LogP contribution in [0.25, 0.3) is 0 Å². The quantitative estimate of drug-likeness (QED) is 0.776. The monoisotopic (exact) mass is 269 g/mol. The molecule has 0 bridgehead atoms. The molecular weight excluding hydrogens is 254 g/mol. The molecule has 1 aliphatic carbocycles. The van der Waals surface area contributed by atoms with Gasteiger partial charge in [0, 0.05) is 11.4 Å². The van der Waals surface area contributed by atoms with Gasteiger partial charge in [-0.2, -0.15) is 0 Å². The van der Waals surface area contributed by atoms with Crippen LogP contribution in [0, 0.1) is 19.3 Å². The van der Waals surface area contributed by atoms with Gasteiger partial charge in [0.1, 0.15) is 0 Å². The number of anilines is 1. The number of carbonyl (C=O) groups excluding carboxylic acids is 1. The number of amides is 2. The van der Waals surface area contributed by atoms with Crippen LogP contribution in [-0.4, -0.2) is 28.6 Å². The first-order chi connectivity index (χ1) is 8.43. The molecule has 1 heterocycles. The first-order valence-electron chi connectivity index (χ1n) is 5.65. The highest BCUT2D eigenvalue weighted by atomic mass is 32.1. The molecule has 0 atom stereocenters. The fourth-order valence-electron chi connectivity index (χ4n) is 1.53. The molecule has 7 heteroatoms. The van der Waals surface area contributed by atoms with E-state index in [1.165, 1.54) is 11.3 Å². The molecule has 1 saturated carbocycles. The lowest BCUT2D eigenvalue weighted by Gasteiger charge is -2.10.